The maximum Gasteiger partial charge on any atom is 0.237 e. The largest absolute Gasteiger partial charge is 0.470 e. The van der Waals surface area contributed by atoms with Gasteiger partial charge in [0.15, 0.2) is 0 Å². The average molecular weight is 443 g/mol. The lowest BCUT2D eigenvalue weighted by Gasteiger charge is -2.27. The molecule has 0 bridgehead atoms. The molecule has 2 heterocycles. The minimum absolute atomic E-state index is 0.0169. The van der Waals surface area contributed by atoms with E-state index in [0.29, 0.717) is 20.2 Å². The van der Waals surface area contributed by atoms with Gasteiger partial charge in [0.2, 0.25) is 5.88 Å². The van der Waals surface area contributed by atoms with E-state index < -0.39 is 0 Å². The minimum Gasteiger partial charge on any atom is -0.470 e. The molecule has 4 rings (SSSR count). The van der Waals surface area contributed by atoms with Crippen LogP contribution in [0, 0.1) is 11.3 Å². The molecular weight excluding hydrogens is 417 g/mol. The predicted octanol–water partition coefficient (Wildman–Crippen LogP) is 4.13. The summed E-state index contributed by atoms with van der Waals surface area (Å²) in [6.45, 7) is 8.40. The lowest BCUT2D eigenvalue weighted by Crippen LogP contribution is -2.40. The summed E-state index contributed by atoms with van der Waals surface area (Å²) < 4.78 is 10.6. The van der Waals surface area contributed by atoms with Crippen molar-refractivity contribution < 1.29 is 4.74 Å². The summed E-state index contributed by atoms with van der Waals surface area (Å²) >= 11 is 0. The molecule has 1 aliphatic heterocycles. The van der Waals surface area contributed by atoms with E-state index in [1.54, 1.807) is 0 Å². The number of nitrogens with zero attached hydrogens (tertiary/aromatic N) is 3. The molecule has 2 aromatic rings. The van der Waals surface area contributed by atoms with E-state index in [0.717, 1.165) is 54.2 Å². The van der Waals surface area contributed by atoms with Crippen LogP contribution in [0.4, 0.5) is 5.69 Å². The van der Waals surface area contributed by atoms with Gasteiger partial charge in [0.25, 0.3) is 0 Å². The molecule has 0 saturated heterocycles. The Morgan fingerprint density at radius 2 is 2.19 bits per heavy atom. The quantitative estimate of drug-likeness (QED) is 0.497. The van der Waals surface area contributed by atoms with Gasteiger partial charge >= 0.3 is 0 Å². The molecule has 0 saturated carbocycles. The average Bonchev–Trinajstić information content (AvgIpc) is 2.83. The van der Waals surface area contributed by atoms with E-state index >= 15 is 0 Å². The van der Waals surface area contributed by atoms with E-state index in [4.69, 9.17) is 10.00 Å². The molecule has 2 atom stereocenters. The van der Waals surface area contributed by atoms with Crippen molar-refractivity contribution in [2.45, 2.75) is 12.5 Å². The van der Waals surface area contributed by atoms with Crippen molar-refractivity contribution in [3.8, 4) is 11.9 Å². The van der Waals surface area contributed by atoms with Crippen molar-refractivity contribution in [2.75, 3.05) is 31.6 Å². The molecule has 6 nitrogen and oxygen atoms in total. The smallest absolute Gasteiger partial charge is 0.237 e. The normalized spacial score (nSPS) is 18.8. The van der Waals surface area contributed by atoms with Crippen LogP contribution in [0.2, 0.25) is 0 Å². The number of allylic oxidation sites excluding steroid dienone is 5. The Hall–Kier alpha value is -3.26. The summed E-state index contributed by atoms with van der Waals surface area (Å²) in [5.74, 6) is 0.632. The van der Waals surface area contributed by atoms with Crippen LogP contribution >= 0.6 is 8.73 Å². The Balaban J connectivity index is 1.31. The van der Waals surface area contributed by atoms with Crippen molar-refractivity contribution in [1.29, 1.82) is 5.26 Å². The molecule has 1 unspecified atom stereocenters. The molecule has 0 amide bonds. The maximum atomic E-state index is 8.88. The minimum atomic E-state index is 0.0169. The van der Waals surface area contributed by atoms with E-state index in [9.17, 15) is 0 Å². The number of ether oxygens (including phenoxy) is 1. The zero-order valence-electron chi connectivity index (χ0n) is 18.1. The van der Waals surface area contributed by atoms with E-state index in [2.05, 4.69) is 45.2 Å². The Bertz CT molecular complexity index is 1130. The van der Waals surface area contributed by atoms with Crippen molar-refractivity contribution in [3.63, 3.8) is 0 Å². The van der Waals surface area contributed by atoms with Crippen LogP contribution in [-0.4, -0.2) is 43.1 Å². The fourth-order valence-corrected chi connectivity index (χ4v) is 4.03. The number of aromatic nitrogens is 1. The van der Waals surface area contributed by atoms with E-state index in [1.165, 1.54) is 5.56 Å². The first-order chi connectivity index (χ1) is 15.7. The summed E-state index contributed by atoms with van der Waals surface area (Å²) in [4.78, 5) is 4.55. The van der Waals surface area contributed by atoms with Gasteiger partial charge in [0, 0.05) is 18.3 Å². The summed E-state index contributed by atoms with van der Waals surface area (Å²) in [6, 6.07) is 11.9. The van der Waals surface area contributed by atoms with E-state index in [-0.39, 0.29) is 6.10 Å². The number of nitriles is 1. The Labute approximate surface area is 190 Å². The standard InChI is InChI=1S/C25H26N5OP/c1-17-3-8-20(11-23(17)30-32-2)21-12-24-25(29-14-21)31-22(16-28-24)15-27-10-9-18-4-6-19(13-26)7-5-18/h3-8,11-12,14,22,27-28,32H,1,9-10,15-16H2,2H3/b30-23-/t22-/m1/s1. The number of pyridine rings is 1. The zero-order valence-corrected chi connectivity index (χ0v) is 19.1. The monoisotopic (exact) mass is 443 g/mol. The highest BCUT2D eigenvalue weighted by Crippen LogP contribution is 2.31. The first-order valence-corrected chi connectivity index (χ1v) is 12.0. The summed E-state index contributed by atoms with van der Waals surface area (Å²) in [5.41, 5.74) is 6.76. The second-order valence-electron chi connectivity index (χ2n) is 7.64. The maximum absolute atomic E-state index is 8.88. The molecule has 0 fully saturated rings. The van der Waals surface area contributed by atoms with Gasteiger partial charge in [-0.05, 0) is 69.3 Å². The third-order valence-corrected chi connectivity index (χ3v) is 5.81. The van der Waals surface area contributed by atoms with Crippen molar-refractivity contribution >= 4 is 25.7 Å². The van der Waals surface area contributed by atoms with Crippen molar-refractivity contribution in [1.82, 2.24) is 10.3 Å². The highest BCUT2D eigenvalue weighted by molar-refractivity contribution is 7.35. The van der Waals surface area contributed by atoms with Crippen LogP contribution in [0.1, 0.15) is 16.7 Å². The van der Waals surface area contributed by atoms with Gasteiger partial charge in [-0.15, -0.1) is 0 Å². The van der Waals surface area contributed by atoms with E-state index in [1.807, 2.05) is 49.3 Å². The third-order valence-electron chi connectivity index (χ3n) is 5.35. The van der Waals surface area contributed by atoms with Gasteiger partial charge in [0.05, 0.1) is 29.6 Å². The highest BCUT2D eigenvalue weighted by atomic mass is 31.1. The van der Waals surface area contributed by atoms with Gasteiger partial charge in [-0.1, -0.05) is 30.9 Å². The molecule has 32 heavy (non-hydrogen) atoms. The van der Waals surface area contributed by atoms with Crippen molar-refractivity contribution in [2.24, 2.45) is 4.76 Å². The molecule has 0 radical (unpaired) electrons. The number of benzene rings is 1. The molecular formula is C25H26N5OP. The fourth-order valence-electron chi connectivity index (χ4n) is 3.58. The van der Waals surface area contributed by atoms with Gasteiger partial charge < -0.3 is 15.4 Å². The highest BCUT2D eigenvalue weighted by Gasteiger charge is 2.21. The van der Waals surface area contributed by atoms with Crippen LogP contribution < -0.4 is 15.4 Å². The van der Waals surface area contributed by atoms with Crippen LogP contribution in [0.5, 0.6) is 5.88 Å². The zero-order chi connectivity index (χ0) is 22.3. The number of hydrogen-bond acceptors (Lipinski definition) is 6. The SMILES string of the molecule is C=C1C=CC(c2cnc3c(c2)NC[C@@H](CNCCc2ccc(C#N)cc2)O3)=C/C1=N/PC. The number of fused-ring (bicyclic) bond motifs is 1. The summed E-state index contributed by atoms with van der Waals surface area (Å²) in [7, 11) is 0.497. The number of hydrogen-bond donors (Lipinski definition) is 2. The molecule has 0 spiro atoms. The Morgan fingerprint density at radius 1 is 1.34 bits per heavy atom. The lowest BCUT2D eigenvalue weighted by molar-refractivity contribution is 0.194. The Kier molecular flexibility index (Phi) is 7.11. The predicted molar refractivity (Wildman–Crippen MR) is 133 cm³/mol. The van der Waals surface area contributed by atoms with Crippen LogP contribution in [0.25, 0.3) is 5.57 Å². The molecule has 7 heteroatoms. The van der Waals surface area contributed by atoms with Gasteiger partial charge in [-0.3, -0.25) is 4.76 Å². The molecule has 1 aromatic heterocycles. The van der Waals surface area contributed by atoms with Crippen LogP contribution in [-0.2, 0) is 6.42 Å². The fraction of sp³-hybridized carbons (Fsp3) is 0.240. The Morgan fingerprint density at radius 3 is 2.97 bits per heavy atom. The van der Waals surface area contributed by atoms with Crippen LogP contribution in [0.3, 0.4) is 0 Å². The third kappa shape index (κ3) is 5.31. The first kappa shape index (κ1) is 22.0. The molecule has 2 aliphatic rings. The summed E-state index contributed by atoms with van der Waals surface area (Å²) in [5, 5.41) is 15.8. The number of nitrogens with one attached hydrogen (secondary N) is 2. The molecule has 1 aliphatic carbocycles. The second kappa shape index (κ2) is 10.4. The second-order valence-corrected chi connectivity index (χ2v) is 8.31. The van der Waals surface area contributed by atoms with Gasteiger partial charge in [-0.25, -0.2) is 4.98 Å². The number of rotatable bonds is 7. The lowest BCUT2D eigenvalue weighted by atomic mass is 9.97. The number of anilines is 1. The summed E-state index contributed by atoms with van der Waals surface area (Å²) in [6.07, 6.45) is 8.88. The first-order valence-electron chi connectivity index (χ1n) is 10.6. The van der Waals surface area contributed by atoms with Gasteiger partial charge in [-0.2, -0.15) is 5.26 Å². The molecule has 2 N–H and O–H groups in total. The topological polar surface area (TPSA) is 82.3 Å². The van der Waals surface area contributed by atoms with Crippen molar-refractivity contribution in [3.05, 3.63) is 83.6 Å². The van der Waals surface area contributed by atoms with Gasteiger partial charge in [0.1, 0.15) is 6.10 Å². The molecule has 1 aromatic carbocycles. The van der Waals surface area contributed by atoms with Crippen LogP contribution in [0.15, 0.2) is 71.7 Å². The molecule has 162 valence electrons.